The van der Waals surface area contributed by atoms with Gasteiger partial charge in [-0.05, 0) is 30.9 Å². The molecule has 0 radical (unpaired) electrons. The lowest BCUT2D eigenvalue weighted by Crippen LogP contribution is -2.52. The van der Waals surface area contributed by atoms with Gasteiger partial charge in [0.25, 0.3) is 0 Å². The molecule has 2 aromatic carbocycles. The fourth-order valence-corrected chi connectivity index (χ4v) is 5.63. The summed E-state index contributed by atoms with van der Waals surface area (Å²) in [6.07, 6.45) is 1.52. The molecule has 1 saturated heterocycles. The summed E-state index contributed by atoms with van der Waals surface area (Å²) in [5.41, 5.74) is 0.556. The molecule has 2 bridgehead atoms. The number of nitrogens with one attached hydrogen (secondary N) is 2. The van der Waals surface area contributed by atoms with Gasteiger partial charge in [-0.2, -0.15) is 0 Å². The predicted molar refractivity (Wildman–Crippen MR) is 112 cm³/mol. The fourth-order valence-electron chi connectivity index (χ4n) is 4.33. The molecule has 0 aromatic heterocycles. The van der Waals surface area contributed by atoms with Crippen LogP contribution < -0.4 is 19.5 Å². The number of carbonyl (C=O) groups excluding carboxylic acids is 1. The van der Waals surface area contributed by atoms with E-state index in [4.69, 9.17) is 9.47 Å². The maximum absolute atomic E-state index is 12.9. The highest BCUT2D eigenvalue weighted by molar-refractivity contribution is 7.89. The number of hydrogen-bond donors (Lipinski definition) is 2. The van der Waals surface area contributed by atoms with E-state index in [1.54, 1.807) is 67.7 Å². The Bertz CT molecular complexity index is 1010. The summed E-state index contributed by atoms with van der Waals surface area (Å²) in [5.74, 6) is 1.42. The molecule has 8 nitrogen and oxygen atoms in total. The van der Waals surface area contributed by atoms with Crippen LogP contribution >= 0.6 is 0 Å². The number of amides is 2. The van der Waals surface area contributed by atoms with Crippen molar-refractivity contribution in [2.24, 2.45) is 5.92 Å². The van der Waals surface area contributed by atoms with Crippen LogP contribution in [0.3, 0.4) is 0 Å². The molecule has 2 amide bonds. The van der Waals surface area contributed by atoms with Crippen LogP contribution in [0.1, 0.15) is 12.8 Å². The van der Waals surface area contributed by atoms with E-state index in [0.29, 0.717) is 23.7 Å². The Hall–Kier alpha value is -2.78. The quantitative estimate of drug-likeness (QED) is 0.733. The lowest BCUT2D eigenvalue weighted by atomic mass is 10.1. The van der Waals surface area contributed by atoms with Gasteiger partial charge >= 0.3 is 6.03 Å². The summed E-state index contributed by atoms with van der Waals surface area (Å²) in [6.45, 7) is 0.612. The number of carbonyl (C=O) groups is 1. The highest BCUT2D eigenvalue weighted by Gasteiger charge is 2.48. The number of methoxy groups -OCH3 is 2. The Morgan fingerprint density at radius 1 is 1.03 bits per heavy atom. The Labute approximate surface area is 176 Å². The number of piperidine rings is 1. The highest BCUT2D eigenvalue weighted by Crippen LogP contribution is 2.39. The normalized spacial score (nSPS) is 22.7. The third kappa shape index (κ3) is 4.08. The number of ether oxygens (including phenoxy) is 2. The molecule has 1 saturated carbocycles. The van der Waals surface area contributed by atoms with Gasteiger partial charge in [-0.1, -0.05) is 18.2 Å². The molecule has 2 aromatic rings. The zero-order valence-electron chi connectivity index (χ0n) is 16.9. The monoisotopic (exact) mass is 431 g/mol. The Kier molecular flexibility index (Phi) is 5.57. The summed E-state index contributed by atoms with van der Waals surface area (Å²) < 4.78 is 38.7. The van der Waals surface area contributed by atoms with E-state index in [0.717, 1.165) is 12.8 Å². The molecule has 1 aliphatic heterocycles. The first-order chi connectivity index (χ1) is 14.4. The van der Waals surface area contributed by atoms with Gasteiger partial charge in [-0.3, -0.25) is 0 Å². The van der Waals surface area contributed by atoms with Crippen LogP contribution in [0.2, 0.25) is 0 Å². The van der Waals surface area contributed by atoms with Crippen LogP contribution in [0.4, 0.5) is 10.5 Å². The van der Waals surface area contributed by atoms with Crippen molar-refractivity contribution in [3.05, 3.63) is 48.5 Å². The summed E-state index contributed by atoms with van der Waals surface area (Å²) in [7, 11) is -0.544. The van der Waals surface area contributed by atoms with Crippen molar-refractivity contribution >= 4 is 21.7 Å². The minimum Gasteiger partial charge on any atom is -0.497 e. The van der Waals surface area contributed by atoms with Crippen molar-refractivity contribution in [1.82, 2.24) is 9.62 Å². The van der Waals surface area contributed by atoms with Crippen LogP contribution in [-0.2, 0) is 10.0 Å². The van der Waals surface area contributed by atoms with E-state index < -0.39 is 10.0 Å². The molecular weight excluding hydrogens is 406 g/mol. The first-order valence-electron chi connectivity index (χ1n) is 9.77. The smallest absolute Gasteiger partial charge is 0.322 e. The zero-order chi connectivity index (χ0) is 21.3. The summed E-state index contributed by atoms with van der Waals surface area (Å²) in [4.78, 5) is 14.9. The minimum atomic E-state index is -3.63. The van der Waals surface area contributed by atoms with Gasteiger partial charge < -0.3 is 19.7 Å². The van der Waals surface area contributed by atoms with E-state index in [2.05, 4.69) is 10.0 Å². The summed E-state index contributed by atoms with van der Waals surface area (Å²) >= 11 is 0. The second-order valence-corrected chi connectivity index (χ2v) is 9.34. The minimum absolute atomic E-state index is 0.180. The Balaban J connectivity index is 1.47. The lowest BCUT2D eigenvalue weighted by molar-refractivity contribution is 0.183. The number of benzene rings is 2. The van der Waals surface area contributed by atoms with Crippen LogP contribution in [-0.4, -0.2) is 52.2 Å². The topological polar surface area (TPSA) is 97.0 Å². The molecular formula is C21H25N3O5S. The van der Waals surface area contributed by atoms with Gasteiger partial charge in [-0.25, -0.2) is 17.9 Å². The third-order valence-corrected chi connectivity index (χ3v) is 7.21. The predicted octanol–water partition coefficient (Wildman–Crippen LogP) is 2.68. The average molecular weight is 432 g/mol. The number of fused-ring (bicyclic) bond motifs is 2. The zero-order valence-corrected chi connectivity index (χ0v) is 17.7. The van der Waals surface area contributed by atoms with Crippen molar-refractivity contribution in [3.63, 3.8) is 0 Å². The van der Waals surface area contributed by atoms with Crippen molar-refractivity contribution in [2.45, 2.75) is 29.8 Å². The van der Waals surface area contributed by atoms with Crippen LogP contribution in [0, 0.1) is 5.92 Å². The van der Waals surface area contributed by atoms with Gasteiger partial charge in [0.1, 0.15) is 11.5 Å². The molecule has 9 heteroatoms. The fraction of sp³-hybridized carbons (Fsp3) is 0.381. The second-order valence-electron chi connectivity index (χ2n) is 7.63. The molecule has 160 valence electrons. The first kappa shape index (κ1) is 20.5. The lowest BCUT2D eigenvalue weighted by Gasteiger charge is -2.33. The molecule has 4 rings (SSSR count). The van der Waals surface area contributed by atoms with Crippen molar-refractivity contribution in [1.29, 1.82) is 0 Å². The number of sulfonamides is 1. The second kappa shape index (κ2) is 8.16. The maximum atomic E-state index is 12.9. The molecule has 1 aliphatic carbocycles. The van der Waals surface area contributed by atoms with E-state index >= 15 is 0 Å². The van der Waals surface area contributed by atoms with Crippen LogP contribution in [0.15, 0.2) is 53.4 Å². The standard InChI is InChI=1S/C21H25N3O5S/c1-28-16-10-15(11-17(12-16)29-2)22-21(25)24-13-14-8-19(20(24)9-14)23-30(26,27)18-6-4-3-5-7-18/h3-7,10-12,14,19-20,23H,8-9,13H2,1-2H3,(H,22,25). The molecule has 2 N–H and O–H groups in total. The van der Waals surface area contributed by atoms with E-state index in [1.165, 1.54) is 0 Å². The van der Waals surface area contributed by atoms with Crippen molar-refractivity contribution in [2.75, 3.05) is 26.1 Å². The molecule has 2 fully saturated rings. The Morgan fingerprint density at radius 3 is 2.30 bits per heavy atom. The molecule has 3 atom stereocenters. The molecule has 30 heavy (non-hydrogen) atoms. The molecule has 0 spiro atoms. The number of anilines is 1. The highest BCUT2D eigenvalue weighted by atomic mass is 32.2. The largest absolute Gasteiger partial charge is 0.497 e. The van der Waals surface area contributed by atoms with E-state index in [-0.39, 0.29) is 28.9 Å². The third-order valence-electron chi connectivity index (χ3n) is 5.71. The van der Waals surface area contributed by atoms with Gasteiger partial charge in [-0.15, -0.1) is 0 Å². The summed E-state index contributed by atoms with van der Waals surface area (Å²) in [5, 5.41) is 2.88. The van der Waals surface area contributed by atoms with Crippen LogP contribution in [0.5, 0.6) is 11.5 Å². The number of hydrogen-bond acceptors (Lipinski definition) is 5. The molecule has 1 heterocycles. The SMILES string of the molecule is COc1cc(NC(=O)N2CC3CC(NS(=O)(=O)c4ccccc4)C2C3)cc(OC)c1. The van der Waals surface area contributed by atoms with Gasteiger partial charge in [0, 0.05) is 36.5 Å². The van der Waals surface area contributed by atoms with Gasteiger partial charge in [0.05, 0.1) is 25.2 Å². The van der Waals surface area contributed by atoms with E-state index in [1.807, 2.05) is 0 Å². The average Bonchev–Trinajstić information content (AvgIpc) is 3.34. The first-order valence-corrected chi connectivity index (χ1v) is 11.3. The molecule has 2 aliphatic rings. The molecule has 3 unspecified atom stereocenters. The van der Waals surface area contributed by atoms with Crippen molar-refractivity contribution < 1.29 is 22.7 Å². The number of nitrogens with zero attached hydrogens (tertiary/aromatic N) is 1. The number of urea groups is 1. The Morgan fingerprint density at radius 2 is 1.70 bits per heavy atom. The number of rotatable bonds is 6. The maximum Gasteiger partial charge on any atom is 0.322 e. The summed E-state index contributed by atoms with van der Waals surface area (Å²) in [6, 6.07) is 12.7. The number of likely N-dealkylation sites (tertiary alicyclic amines) is 1. The van der Waals surface area contributed by atoms with Crippen LogP contribution in [0.25, 0.3) is 0 Å². The van der Waals surface area contributed by atoms with Gasteiger partial charge in [0.15, 0.2) is 0 Å². The van der Waals surface area contributed by atoms with Gasteiger partial charge in [0.2, 0.25) is 10.0 Å². The van der Waals surface area contributed by atoms with E-state index in [9.17, 15) is 13.2 Å². The van der Waals surface area contributed by atoms with Crippen molar-refractivity contribution in [3.8, 4) is 11.5 Å².